The van der Waals surface area contributed by atoms with E-state index in [1.807, 2.05) is 54.6 Å². The highest BCUT2D eigenvalue weighted by Gasteiger charge is 2.17. The Hall–Kier alpha value is -4.36. The van der Waals surface area contributed by atoms with Crippen LogP contribution >= 0.6 is 0 Å². The molecule has 0 aliphatic heterocycles. The van der Waals surface area contributed by atoms with Crippen molar-refractivity contribution in [1.82, 2.24) is 15.0 Å². The minimum absolute atomic E-state index is 0.0644. The summed E-state index contributed by atoms with van der Waals surface area (Å²) in [4.78, 5) is 24.9. The lowest BCUT2D eigenvalue weighted by Gasteiger charge is -2.12. The van der Waals surface area contributed by atoms with Crippen LogP contribution < -0.4 is 11.1 Å². The Bertz CT molecular complexity index is 1450. The predicted octanol–water partition coefficient (Wildman–Crippen LogP) is 5.04. The summed E-state index contributed by atoms with van der Waals surface area (Å²) in [5.41, 5.74) is 11.6. The summed E-state index contributed by atoms with van der Waals surface area (Å²) in [6, 6.07) is 22.8. The summed E-state index contributed by atoms with van der Waals surface area (Å²) in [7, 11) is 0. The van der Waals surface area contributed by atoms with Crippen LogP contribution in [0.3, 0.4) is 0 Å². The Morgan fingerprint density at radius 3 is 2.46 bits per heavy atom. The molecule has 3 aromatic heterocycles. The number of nitrogens with one attached hydrogen (secondary N) is 2. The zero-order valence-electron chi connectivity index (χ0n) is 18.9. The van der Waals surface area contributed by atoms with Gasteiger partial charge in [-0.25, -0.2) is 9.37 Å². The summed E-state index contributed by atoms with van der Waals surface area (Å²) in [5, 5.41) is 4.05. The highest BCUT2D eigenvalue weighted by molar-refractivity contribution is 5.96. The van der Waals surface area contributed by atoms with Crippen molar-refractivity contribution >= 4 is 22.6 Å². The number of H-pyrrole nitrogens is 1. The predicted molar refractivity (Wildman–Crippen MR) is 135 cm³/mol. The number of rotatable bonds is 8. The van der Waals surface area contributed by atoms with Gasteiger partial charge in [-0.15, -0.1) is 0 Å². The maximum atomic E-state index is 13.4. The Morgan fingerprint density at radius 2 is 1.71 bits per heavy atom. The van der Waals surface area contributed by atoms with Crippen LogP contribution in [-0.2, 0) is 11.2 Å². The lowest BCUT2D eigenvalue weighted by molar-refractivity contribution is -0.118. The number of hydrogen-bond donors (Lipinski definition) is 3. The second-order valence-corrected chi connectivity index (χ2v) is 8.32. The third kappa shape index (κ3) is 4.95. The van der Waals surface area contributed by atoms with Gasteiger partial charge in [0.2, 0.25) is 0 Å². The van der Waals surface area contributed by atoms with Crippen molar-refractivity contribution in [3.05, 3.63) is 114 Å². The van der Waals surface area contributed by atoms with Crippen molar-refractivity contribution in [1.29, 1.82) is 0 Å². The van der Waals surface area contributed by atoms with Crippen LogP contribution in [-0.4, -0.2) is 27.3 Å². The molecule has 3 heterocycles. The number of aromatic amines is 1. The normalized spacial score (nSPS) is 11.9. The molecule has 0 spiro atoms. The Labute approximate surface area is 202 Å². The van der Waals surface area contributed by atoms with Crippen LogP contribution in [0.25, 0.3) is 22.2 Å². The number of carbonyl (C=O) groups excluding carboxylic acids is 1. The van der Waals surface area contributed by atoms with E-state index in [-0.39, 0.29) is 18.1 Å². The van der Waals surface area contributed by atoms with E-state index in [1.54, 1.807) is 24.5 Å². The molecular formula is C28H24FN5O. The van der Waals surface area contributed by atoms with Crippen molar-refractivity contribution in [3.8, 4) is 11.1 Å². The summed E-state index contributed by atoms with van der Waals surface area (Å²) < 4.78 is 13.4. The molecule has 0 bridgehead atoms. The van der Waals surface area contributed by atoms with Crippen molar-refractivity contribution in [2.24, 2.45) is 5.73 Å². The molecule has 0 saturated heterocycles. The number of anilines is 1. The van der Waals surface area contributed by atoms with E-state index in [1.165, 1.54) is 12.1 Å². The van der Waals surface area contributed by atoms with E-state index in [2.05, 4.69) is 15.3 Å². The zero-order chi connectivity index (χ0) is 24.2. The number of nitrogens with zero attached hydrogens (tertiary/aromatic N) is 2. The second-order valence-electron chi connectivity index (χ2n) is 8.32. The van der Waals surface area contributed by atoms with E-state index in [4.69, 9.17) is 10.7 Å². The smallest absolute Gasteiger partial charge is 0.173 e. The fourth-order valence-corrected chi connectivity index (χ4v) is 4.14. The molecule has 6 nitrogen and oxygen atoms in total. The molecule has 0 saturated carbocycles. The first-order valence-electron chi connectivity index (χ1n) is 11.3. The number of pyridine rings is 2. The molecule has 174 valence electrons. The molecule has 0 amide bonds. The fourth-order valence-electron chi connectivity index (χ4n) is 4.14. The number of nitrogens with two attached hydrogens (primary N) is 1. The minimum Gasteiger partial charge on any atom is -0.363 e. The maximum absolute atomic E-state index is 13.4. The summed E-state index contributed by atoms with van der Waals surface area (Å²) >= 11 is 0. The highest BCUT2D eigenvalue weighted by Crippen LogP contribution is 2.33. The van der Waals surface area contributed by atoms with Gasteiger partial charge >= 0.3 is 0 Å². The van der Waals surface area contributed by atoms with Gasteiger partial charge in [0, 0.05) is 35.5 Å². The van der Waals surface area contributed by atoms with Crippen molar-refractivity contribution in [2.75, 3.05) is 11.9 Å². The van der Waals surface area contributed by atoms with Crippen molar-refractivity contribution in [2.45, 2.75) is 12.5 Å². The molecule has 35 heavy (non-hydrogen) atoms. The van der Waals surface area contributed by atoms with E-state index >= 15 is 0 Å². The van der Waals surface area contributed by atoms with Gasteiger partial charge in [-0.1, -0.05) is 42.5 Å². The number of carbonyl (C=O) groups is 1. The maximum Gasteiger partial charge on any atom is 0.173 e. The quantitative estimate of drug-likeness (QED) is 0.298. The summed E-state index contributed by atoms with van der Waals surface area (Å²) in [5.74, 6) is 0.180. The van der Waals surface area contributed by atoms with E-state index in [9.17, 15) is 9.18 Å². The van der Waals surface area contributed by atoms with Gasteiger partial charge in [-0.2, -0.15) is 0 Å². The Kier molecular flexibility index (Phi) is 6.32. The summed E-state index contributed by atoms with van der Waals surface area (Å²) in [6.45, 7) is 0.0644. The lowest BCUT2D eigenvalue weighted by Crippen LogP contribution is -2.27. The zero-order valence-corrected chi connectivity index (χ0v) is 18.9. The number of ketones is 1. The van der Waals surface area contributed by atoms with E-state index < -0.39 is 6.04 Å². The molecule has 2 aromatic carbocycles. The summed E-state index contributed by atoms with van der Waals surface area (Å²) in [6.07, 6.45) is 4.09. The molecule has 0 fully saturated rings. The molecule has 5 rings (SSSR count). The Morgan fingerprint density at radius 1 is 0.971 bits per heavy atom. The first-order chi connectivity index (χ1) is 17.1. The number of halogens is 1. The molecule has 0 aliphatic rings. The number of hydrogen-bond acceptors (Lipinski definition) is 5. The molecule has 1 atom stereocenters. The third-order valence-electron chi connectivity index (χ3n) is 5.95. The number of aromatic nitrogens is 3. The number of benzene rings is 2. The van der Waals surface area contributed by atoms with Crippen LogP contribution in [0.4, 0.5) is 10.2 Å². The molecular weight excluding hydrogens is 441 g/mol. The topological polar surface area (TPSA) is 96.7 Å². The van der Waals surface area contributed by atoms with Gasteiger partial charge < -0.3 is 16.0 Å². The first-order valence-corrected chi connectivity index (χ1v) is 11.3. The molecule has 5 aromatic rings. The first kappa shape index (κ1) is 22.4. The monoisotopic (exact) mass is 465 g/mol. The molecule has 0 unspecified atom stereocenters. The van der Waals surface area contributed by atoms with Gasteiger partial charge in [-0.05, 0) is 53.1 Å². The van der Waals surface area contributed by atoms with E-state index in [0.717, 1.165) is 33.3 Å². The molecule has 4 N–H and O–H groups in total. The SMILES string of the molecule is N[C@@H](C(=O)CNc1ccc2c(-c3ccncc3)c(Cc3ccc(F)cc3)[nH]c2n1)c1ccccc1. The van der Waals surface area contributed by atoms with Gasteiger partial charge in [0.05, 0.1) is 12.6 Å². The van der Waals surface area contributed by atoms with Gasteiger partial charge in [-0.3, -0.25) is 9.78 Å². The Balaban J connectivity index is 1.42. The van der Waals surface area contributed by atoms with Gasteiger partial charge in [0.15, 0.2) is 5.78 Å². The van der Waals surface area contributed by atoms with Crippen molar-refractivity contribution in [3.63, 3.8) is 0 Å². The van der Waals surface area contributed by atoms with Crippen LogP contribution in [0, 0.1) is 5.82 Å². The van der Waals surface area contributed by atoms with Crippen molar-refractivity contribution < 1.29 is 9.18 Å². The fraction of sp³-hybridized carbons (Fsp3) is 0.107. The average molecular weight is 466 g/mol. The largest absolute Gasteiger partial charge is 0.363 e. The van der Waals surface area contributed by atoms with Crippen LogP contribution in [0.1, 0.15) is 22.9 Å². The highest BCUT2D eigenvalue weighted by atomic mass is 19.1. The number of fused-ring (bicyclic) bond motifs is 1. The standard InChI is InChI=1S/C28H24FN5O/c29-21-8-6-18(7-9-21)16-23-26(19-12-14-31-15-13-19)22-10-11-25(34-28(22)33-23)32-17-24(35)27(30)20-4-2-1-3-5-20/h1-15,27H,16-17,30H2,(H2,32,33,34)/t27-/m1/s1. The van der Waals surface area contributed by atoms with Crippen LogP contribution in [0.15, 0.2) is 91.3 Å². The van der Waals surface area contributed by atoms with Gasteiger partial charge in [0.25, 0.3) is 0 Å². The van der Waals surface area contributed by atoms with E-state index in [0.29, 0.717) is 17.9 Å². The van der Waals surface area contributed by atoms with Crippen LogP contribution in [0.5, 0.6) is 0 Å². The number of Topliss-reactive ketones (excluding diaryl/α,β-unsaturated/α-hetero) is 1. The van der Waals surface area contributed by atoms with Crippen LogP contribution in [0.2, 0.25) is 0 Å². The molecule has 0 radical (unpaired) electrons. The minimum atomic E-state index is -0.696. The average Bonchev–Trinajstić information content (AvgIpc) is 3.26. The van der Waals surface area contributed by atoms with Gasteiger partial charge in [0.1, 0.15) is 17.3 Å². The molecule has 0 aliphatic carbocycles. The molecule has 7 heteroatoms. The lowest BCUT2D eigenvalue weighted by atomic mass is 10.00. The third-order valence-corrected chi connectivity index (χ3v) is 5.95. The second kappa shape index (κ2) is 9.87.